The third-order valence-corrected chi connectivity index (χ3v) is 6.19. The lowest BCUT2D eigenvalue weighted by atomic mass is 10.0. The van der Waals surface area contributed by atoms with Gasteiger partial charge in [-0.1, -0.05) is 53.6 Å². The van der Waals surface area contributed by atoms with E-state index in [0.29, 0.717) is 0 Å². The van der Waals surface area contributed by atoms with Crippen molar-refractivity contribution in [2.24, 2.45) is 0 Å². The van der Waals surface area contributed by atoms with Crippen molar-refractivity contribution in [3.8, 4) is 0 Å². The average molecular weight is 383 g/mol. The molecule has 0 saturated heterocycles. The van der Waals surface area contributed by atoms with Gasteiger partial charge in [0, 0.05) is 6.20 Å². The molecule has 2 aromatic rings. The van der Waals surface area contributed by atoms with Crippen LogP contribution in [0.1, 0.15) is 22.7 Å². The quantitative estimate of drug-likeness (QED) is 0.756. The maximum atomic E-state index is 13.3. The number of carbonyl (C=O) groups is 1. The van der Waals surface area contributed by atoms with Crippen LogP contribution >= 0.6 is 0 Å². The van der Waals surface area contributed by atoms with Crippen molar-refractivity contribution in [3.63, 3.8) is 0 Å². The molecule has 0 saturated carbocycles. The van der Waals surface area contributed by atoms with Crippen LogP contribution in [-0.2, 0) is 19.6 Å². The third-order valence-electron chi connectivity index (χ3n) is 4.43. The highest BCUT2D eigenvalue weighted by molar-refractivity contribution is 7.89. The molecule has 140 valence electrons. The van der Waals surface area contributed by atoms with Gasteiger partial charge in [-0.15, -0.1) is 0 Å². The van der Waals surface area contributed by atoms with Gasteiger partial charge in [0.2, 0.25) is 0 Å². The maximum absolute atomic E-state index is 13.3. The van der Waals surface area contributed by atoms with Crippen LogP contribution in [0.3, 0.4) is 0 Å². The van der Waals surface area contributed by atoms with Crippen LogP contribution in [0.15, 0.2) is 77.4 Å². The first-order valence-electron chi connectivity index (χ1n) is 8.48. The summed E-state index contributed by atoms with van der Waals surface area (Å²) in [6, 6.07) is 13.7. The Bertz CT molecular complexity index is 1000. The minimum atomic E-state index is -3.86. The molecule has 1 aliphatic heterocycles. The Morgan fingerprint density at radius 3 is 2.07 bits per heavy atom. The fraction of sp³-hybridized carbons (Fsp3) is 0.190. The van der Waals surface area contributed by atoms with Gasteiger partial charge in [-0.25, -0.2) is 13.2 Å². The van der Waals surface area contributed by atoms with Gasteiger partial charge in [0.25, 0.3) is 10.0 Å². The Kier molecular flexibility index (Phi) is 5.19. The van der Waals surface area contributed by atoms with Gasteiger partial charge in [0.15, 0.2) is 0 Å². The number of methoxy groups -OCH3 is 1. The van der Waals surface area contributed by atoms with Gasteiger partial charge < -0.3 is 4.74 Å². The van der Waals surface area contributed by atoms with Crippen LogP contribution in [0.25, 0.3) is 0 Å². The highest BCUT2D eigenvalue weighted by Crippen LogP contribution is 2.33. The number of rotatable bonds is 4. The molecule has 1 atom stereocenters. The van der Waals surface area contributed by atoms with Crippen LogP contribution in [0, 0.1) is 13.8 Å². The summed E-state index contributed by atoms with van der Waals surface area (Å²) in [5.41, 5.74) is 3.04. The summed E-state index contributed by atoms with van der Waals surface area (Å²) in [5, 5.41) is 0. The molecule has 0 aliphatic carbocycles. The fourth-order valence-electron chi connectivity index (χ4n) is 2.85. The molecular formula is C21H21NO4S. The predicted octanol–water partition coefficient (Wildman–Crippen LogP) is 3.66. The van der Waals surface area contributed by atoms with Gasteiger partial charge in [-0.05, 0) is 37.6 Å². The van der Waals surface area contributed by atoms with Crippen LogP contribution in [-0.4, -0.2) is 25.8 Å². The standard InChI is InChI=1S/C21H21NO4S/c1-15-4-8-17(9-5-15)20-13-10-18(21(23)26-3)14-22(20)27(24,25)19-11-6-16(2)7-12-19/h4-14,20H,1-3H3. The minimum Gasteiger partial charge on any atom is -0.465 e. The van der Waals surface area contributed by atoms with Crippen molar-refractivity contribution in [1.29, 1.82) is 0 Å². The van der Waals surface area contributed by atoms with Crippen molar-refractivity contribution >= 4 is 16.0 Å². The Morgan fingerprint density at radius 1 is 0.963 bits per heavy atom. The average Bonchev–Trinajstić information content (AvgIpc) is 2.68. The molecular weight excluding hydrogens is 362 g/mol. The Labute approximate surface area is 159 Å². The van der Waals surface area contributed by atoms with E-state index in [4.69, 9.17) is 4.74 Å². The fourth-order valence-corrected chi connectivity index (χ4v) is 4.32. The van der Waals surface area contributed by atoms with Crippen LogP contribution in [0.5, 0.6) is 0 Å². The Hall–Kier alpha value is -2.86. The normalized spacial score (nSPS) is 16.8. The number of esters is 1. The van der Waals surface area contributed by atoms with E-state index in [-0.39, 0.29) is 10.5 Å². The molecule has 0 N–H and O–H groups in total. The van der Waals surface area contributed by atoms with Gasteiger partial charge in [-0.2, -0.15) is 0 Å². The topological polar surface area (TPSA) is 63.7 Å². The molecule has 5 nitrogen and oxygen atoms in total. The number of nitrogens with zero attached hydrogens (tertiary/aromatic N) is 1. The van der Waals surface area contributed by atoms with Crippen LogP contribution in [0.4, 0.5) is 0 Å². The SMILES string of the molecule is COC(=O)C1=CN(S(=O)(=O)c2ccc(C)cc2)C(c2ccc(C)cc2)C=C1. The summed E-state index contributed by atoms with van der Waals surface area (Å²) >= 11 is 0. The predicted molar refractivity (Wildman–Crippen MR) is 103 cm³/mol. The van der Waals surface area contributed by atoms with Crippen molar-refractivity contribution in [3.05, 3.63) is 89.1 Å². The molecule has 0 aromatic heterocycles. The van der Waals surface area contributed by atoms with E-state index in [1.165, 1.54) is 17.6 Å². The summed E-state index contributed by atoms with van der Waals surface area (Å²) < 4.78 is 32.6. The molecule has 1 heterocycles. The lowest BCUT2D eigenvalue weighted by Gasteiger charge is -2.31. The van der Waals surface area contributed by atoms with E-state index < -0.39 is 22.0 Å². The summed E-state index contributed by atoms with van der Waals surface area (Å²) in [7, 11) is -2.60. The van der Waals surface area contributed by atoms with Gasteiger partial charge >= 0.3 is 5.97 Å². The maximum Gasteiger partial charge on any atom is 0.339 e. The van der Waals surface area contributed by atoms with Gasteiger partial charge in [0.1, 0.15) is 0 Å². The van der Waals surface area contributed by atoms with E-state index in [2.05, 4.69) is 0 Å². The third kappa shape index (κ3) is 3.80. The number of carbonyl (C=O) groups excluding carboxylic acids is 1. The molecule has 6 heteroatoms. The number of hydrogen-bond acceptors (Lipinski definition) is 4. The van der Waals surface area contributed by atoms with Crippen LogP contribution < -0.4 is 0 Å². The second-order valence-electron chi connectivity index (χ2n) is 6.44. The molecule has 0 fully saturated rings. The lowest BCUT2D eigenvalue weighted by molar-refractivity contribution is -0.135. The number of benzene rings is 2. The van der Waals surface area contributed by atoms with E-state index in [0.717, 1.165) is 16.7 Å². The van der Waals surface area contributed by atoms with Crippen molar-refractivity contribution in [2.75, 3.05) is 7.11 Å². The smallest absolute Gasteiger partial charge is 0.339 e. The highest BCUT2D eigenvalue weighted by Gasteiger charge is 2.32. The van der Waals surface area contributed by atoms with E-state index in [9.17, 15) is 13.2 Å². The zero-order valence-corrected chi connectivity index (χ0v) is 16.2. The number of ether oxygens (including phenoxy) is 1. The van der Waals surface area contributed by atoms with Gasteiger partial charge in [-0.3, -0.25) is 4.31 Å². The summed E-state index contributed by atoms with van der Waals surface area (Å²) in [5.74, 6) is -0.585. The Balaban J connectivity index is 2.10. The van der Waals surface area contributed by atoms with Crippen molar-refractivity contribution in [2.45, 2.75) is 24.8 Å². The van der Waals surface area contributed by atoms with E-state index >= 15 is 0 Å². The van der Waals surface area contributed by atoms with Crippen LogP contribution in [0.2, 0.25) is 0 Å². The number of aryl methyl sites for hydroxylation is 2. The van der Waals surface area contributed by atoms with Crippen molar-refractivity contribution < 1.29 is 17.9 Å². The van der Waals surface area contributed by atoms with Crippen molar-refractivity contribution in [1.82, 2.24) is 4.31 Å². The van der Waals surface area contributed by atoms with Gasteiger partial charge in [0.05, 0.1) is 23.6 Å². The second-order valence-corrected chi connectivity index (χ2v) is 8.28. The molecule has 0 radical (unpaired) electrons. The molecule has 3 rings (SSSR count). The molecule has 0 spiro atoms. The largest absolute Gasteiger partial charge is 0.465 e. The second kappa shape index (κ2) is 7.40. The Morgan fingerprint density at radius 2 is 1.52 bits per heavy atom. The first kappa shape index (κ1) is 18.9. The number of hydrogen-bond donors (Lipinski definition) is 0. The first-order chi connectivity index (χ1) is 12.8. The van der Waals surface area contributed by atoms with E-state index in [1.54, 1.807) is 36.4 Å². The molecule has 0 bridgehead atoms. The summed E-state index contributed by atoms with van der Waals surface area (Å²) in [6.07, 6.45) is 4.63. The summed E-state index contributed by atoms with van der Waals surface area (Å²) in [4.78, 5) is 12.1. The monoisotopic (exact) mass is 383 g/mol. The number of sulfonamides is 1. The van der Waals surface area contributed by atoms with E-state index in [1.807, 2.05) is 38.1 Å². The zero-order valence-electron chi connectivity index (χ0n) is 15.4. The lowest BCUT2D eigenvalue weighted by Crippen LogP contribution is -2.32. The molecule has 1 unspecified atom stereocenters. The molecule has 0 amide bonds. The highest BCUT2D eigenvalue weighted by atomic mass is 32.2. The zero-order chi connectivity index (χ0) is 19.6. The minimum absolute atomic E-state index is 0.168. The molecule has 1 aliphatic rings. The molecule has 27 heavy (non-hydrogen) atoms. The summed E-state index contributed by atoms with van der Waals surface area (Å²) in [6.45, 7) is 3.86. The molecule has 2 aromatic carbocycles. The first-order valence-corrected chi connectivity index (χ1v) is 9.92.